The Balaban J connectivity index is 1.35. The zero-order chi connectivity index (χ0) is 21.3. The first-order valence-electron chi connectivity index (χ1n) is 13.8. The second kappa shape index (κ2) is 12.5. The maximum absolute atomic E-state index is 12.8. The molecule has 3 atom stereocenters. The van der Waals surface area contributed by atoms with Crippen molar-refractivity contribution in [2.75, 3.05) is 0 Å². The molecule has 0 aromatic heterocycles. The third-order valence-corrected chi connectivity index (χ3v) is 9.04. The lowest BCUT2D eigenvalue weighted by molar-refractivity contribution is -0.157. The summed E-state index contributed by atoms with van der Waals surface area (Å²) in [6.07, 6.45) is 22.3. The summed E-state index contributed by atoms with van der Waals surface area (Å²) in [5.41, 5.74) is 0. The number of hydrogen-bond donors (Lipinski definition) is 0. The van der Waals surface area contributed by atoms with Gasteiger partial charge < -0.3 is 4.74 Å². The largest absolute Gasteiger partial charge is 0.462 e. The molecule has 2 nitrogen and oxygen atoms in total. The molecule has 0 spiro atoms. The second-order valence-electron chi connectivity index (χ2n) is 11.3. The van der Waals surface area contributed by atoms with Crippen LogP contribution in [-0.2, 0) is 9.53 Å². The Labute approximate surface area is 187 Å². The fraction of sp³-hybridized carbons (Fsp3) is 0.964. The van der Waals surface area contributed by atoms with Gasteiger partial charge in [0, 0.05) is 0 Å². The predicted octanol–water partition coefficient (Wildman–Crippen LogP) is 8.33. The topological polar surface area (TPSA) is 26.3 Å². The van der Waals surface area contributed by atoms with E-state index in [1.807, 2.05) is 0 Å². The summed E-state index contributed by atoms with van der Waals surface area (Å²) in [5, 5.41) is 0. The van der Waals surface area contributed by atoms with Crippen LogP contribution in [0.5, 0.6) is 0 Å². The molecule has 2 heteroatoms. The number of hydrogen-bond acceptors (Lipinski definition) is 2. The van der Waals surface area contributed by atoms with Crippen LogP contribution in [0.25, 0.3) is 0 Å². The van der Waals surface area contributed by atoms with Gasteiger partial charge in [-0.15, -0.1) is 0 Å². The zero-order valence-corrected chi connectivity index (χ0v) is 20.4. The van der Waals surface area contributed by atoms with Gasteiger partial charge in [0.25, 0.3) is 0 Å². The summed E-state index contributed by atoms with van der Waals surface area (Å²) in [6, 6.07) is 0. The van der Waals surface area contributed by atoms with E-state index >= 15 is 0 Å². The SMILES string of the molecule is CCCCC[C@H]1CC[C@@H]([C@H]2CC[C@H](C(=O)OC3CCC(CCC)CC3)CC2)[C@H](C)C1. The lowest BCUT2D eigenvalue weighted by atomic mass is 9.64. The van der Waals surface area contributed by atoms with Crippen molar-refractivity contribution in [2.24, 2.45) is 35.5 Å². The normalized spacial score (nSPS) is 37.6. The monoisotopic (exact) mass is 418 g/mol. The van der Waals surface area contributed by atoms with Crippen molar-refractivity contribution in [1.29, 1.82) is 0 Å². The Morgan fingerprint density at radius 1 is 0.767 bits per heavy atom. The van der Waals surface area contributed by atoms with Crippen LogP contribution in [0.15, 0.2) is 0 Å². The lowest BCUT2D eigenvalue weighted by Crippen LogP contribution is -2.34. The number of esters is 1. The summed E-state index contributed by atoms with van der Waals surface area (Å²) in [7, 11) is 0. The Bertz CT molecular complexity index is 485. The molecule has 0 heterocycles. The molecular formula is C28H50O2. The van der Waals surface area contributed by atoms with Gasteiger partial charge in [-0.25, -0.2) is 0 Å². The standard InChI is InChI=1S/C28H50O2/c1-4-6-7-9-23-12-19-27(21(3)20-23)24-13-15-25(16-14-24)28(29)30-26-17-10-22(8-5-2)11-18-26/h21-27H,4-20H2,1-3H3/t21-,22?,23+,24-,25-,26?,27-/m1/s1. The van der Waals surface area contributed by atoms with E-state index < -0.39 is 0 Å². The minimum atomic E-state index is 0.139. The highest BCUT2D eigenvalue weighted by Gasteiger charge is 2.37. The summed E-state index contributed by atoms with van der Waals surface area (Å²) >= 11 is 0. The predicted molar refractivity (Wildman–Crippen MR) is 126 cm³/mol. The van der Waals surface area contributed by atoms with Crippen LogP contribution in [-0.4, -0.2) is 12.1 Å². The molecule has 174 valence electrons. The van der Waals surface area contributed by atoms with Gasteiger partial charge in [0.15, 0.2) is 0 Å². The van der Waals surface area contributed by atoms with Crippen molar-refractivity contribution in [3.8, 4) is 0 Å². The van der Waals surface area contributed by atoms with Gasteiger partial charge in [-0.2, -0.15) is 0 Å². The summed E-state index contributed by atoms with van der Waals surface area (Å²) in [6.45, 7) is 7.11. The highest BCUT2D eigenvalue weighted by atomic mass is 16.5. The summed E-state index contributed by atoms with van der Waals surface area (Å²) < 4.78 is 5.98. The van der Waals surface area contributed by atoms with Crippen LogP contribution in [0.1, 0.15) is 130 Å². The van der Waals surface area contributed by atoms with Gasteiger partial charge in [0.2, 0.25) is 0 Å². The number of carbonyl (C=O) groups excluding carboxylic acids is 1. The van der Waals surface area contributed by atoms with Crippen molar-refractivity contribution in [3.63, 3.8) is 0 Å². The maximum Gasteiger partial charge on any atom is 0.309 e. The van der Waals surface area contributed by atoms with Crippen LogP contribution in [0, 0.1) is 35.5 Å². The van der Waals surface area contributed by atoms with E-state index in [0.29, 0.717) is 0 Å². The molecule has 0 amide bonds. The molecule has 0 aromatic carbocycles. The summed E-state index contributed by atoms with van der Waals surface area (Å²) in [5.74, 6) is 4.86. The first kappa shape index (κ1) is 24.1. The van der Waals surface area contributed by atoms with E-state index in [0.717, 1.165) is 55.3 Å². The third-order valence-electron chi connectivity index (χ3n) is 9.04. The molecule has 3 rings (SSSR count). The molecule has 0 radical (unpaired) electrons. The van der Waals surface area contributed by atoms with E-state index in [1.165, 1.54) is 83.5 Å². The van der Waals surface area contributed by atoms with Crippen LogP contribution in [0.2, 0.25) is 0 Å². The number of ether oxygens (including phenoxy) is 1. The van der Waals surface area contributed by atoms with Crippen molar-refractivity contribution in [2.45, 2.75) is 136 Å². The number of unbranched alkanes of at least 4 members (excludes halogenated alkanes) is 2. The first-order valence-corrected chi connectivity index (χ1v) is 13.8. The minimum absolute atomic E-state index is 0.139. The Morgan fingerprint density at radius 2 is 1.47 bits per heavy atom. The van der Waals surface area contributed by atoms with E-state index in [1.54, 1.807) is 0 Å². The van der Waals surface area contributed by atoms with E-state index in [2.05, 4.69) is 20.8 Å². The highest BCUT2D eigenvalue weighted by molar-refractivity contribution is 5.72. The molecule has 3 saturated carbocycles. The molecule has 0 bridgehead atoms. The van der Waals surface area contributed by atoms with Gasteiger partial charge in [-0.1, -0.05) is 65.7 Å². The van der Waals surface area contributed by atoms with Gasteiger partial charge in [0.1, 0.15) is 6.10 Å². The van der Waals surface area contributed by atoms with Gasteiger partial charge in [-0.3, -0.25) is 4.79 Å². The molecule has 0 unspecified atom stereocenters. The fourth-order valence-electron chi connectivity index (χ4n) is 7.17. The highest BCUT2D eigenvalue weighted by Crippen LogP contribution is 2.45. The summed E-state index contributed by atoms with van der Waals surface area (Å²) in [4.78, 5) is 12.8. The van der Waals surface area contributed by atoms with Crippen LogP contribution < -0.4 is 0 Å². The Kier molecular flexibility index (Phi) is 10.0. The Hall–Kier alpha value is -0.530. The lowest BCUT2D eigenvalue weighted by Gasteiger charge is -2.41. The third kappa shape index (κ3) is 6.99. The van der Waals surface area contributed by atoms with Crippen molar-refractivity contribution in [1.82, 2.24) is 0 Å². The number of carbonyl (C=O) groups is 1. The molecule has 3 aliphatic rings. The minimum Gasteiger partial charge on any atom is -0.462 e. The van der Waals surface area contributed by atoms with Crippen molar-refractivity contribution in [3.05, 3.63) is 0 Å². The van der Waals surface area contributed by atoms with E-state index in [-0.39, 0.29) is 18.0 Å². The Morgan fingerprint density at radius 3 is 2.10 bits per heavy atom. The van der Waals surface area contributed by atoms with E-state index in [9.17, 15) is 4.79 Å². The molecule has 3 aliphatic carbocycles. The first-order chi connectivity index (χ1) is 14.6. The maximum atomic E-state index is 12.8. The molecule has 0 aliphatic heterocycles. The van der Waals surface area contributed by atoms with Gasteiger partial charge in [0.05, 0.1) is 5.92 Å². The quantitative estimate of drug-likeness (QED) is 0.278. The van der Waals surface area contributed by atoms with Crippen LogP contribution >= 0.6 is 0 Å². The zero-order valence-electron chi connectivity index (χ0n) is 20.4. The molecular weight excluding hydrogens is 368 g/mol. The van der Waals surface area contributed by atoms with Gasteiger partial charge >= 0.3 is 5.97 Å². The average Bonchev–Trinajstić information content (AvgIpc) is 2.76. The number of rotatable bonds is 9. The van der Waals surface area contributed by atoms with Gasteiger partial charge in [-0.05, 0) is 93.8 Å². The molecule has 3 fully saturated rings. The van der Waals surface area contributed by atoms with Crippen molar-refractivity contribution < 1.29 is 9.53 Å². The van der Waals surface area contributed by atoms with E-state index in [4.69, 9.17) is 4.74 Å². The smallest absolute Gasteiger partial charge is 0.309 e. The molecule has 0 saturated heterocycles. The van der Waals surface area contributed by atoms with Crippen LogP contribution in [0.3, 0.4) is 0 Å². The fourth-order valence-corrected chi connectivity index (χ4v) is 7.17. The molecule has 0 N–H and O–H groups in total. The molecule has 0 aromatic rings. The van der Waals surface area contributed by atoms with Crippen molar-refractivity contribution >= 4 is 5.97 Å². The van der Waals surface area contributed by atoms with Crippen LogP contribution in [0.4, 0.5) is 0 Å². The average molecular weight is 419 g/mol. The second-order valence-corrected chi connectivity index (χ2v) is 11.3. The molecule has 30 heavy (non-hydrogen) atoms.